The summed E-state index contributed by atoms with van der Waals surface area (Å²) in [6.07, 6.45) is 13.1. The summed E-state index contributed by atoms with van der Waals surface area (Å²) in [7, 11) is 0. The number of carboxylic acids is 1. The lowest BCUT2D eigenvalue weighted by Crippen LogP contribution is -2.23. The minimum absolute atomic E-state index is 0.00706. The monoisotopic (exact) mass is 382 g/mol. The van der Waals surface area contributed by atoms with E-state index in [0.717, 1.165) is 43.1 Å². The average Bonchev–Trinajstić information content (AvgIpc) is 3.30. The van der Waals surface area contributed by atoms with E-state index in [1.54, 1.807) is 0 Å². The van der Waals surface area contributed by atoms with E-state index in [4.69, 9.17) is 5.11 Å². The summed E-state index contributed by atoms with van der Waals surface area (Å²) in [6.45, 7) is 2.04. The number of carboxylic acid groups (broad SMARTS) is 1. The molecule has 0 heterocycles. The molecule has 2 saturated carbocycles. The van der Waals surface area contributed by atoms with Crippen molar-refractivity contribution in [2.75, 3.05) is 0 Å². The van der Waals surface area contributed by atoms with Crippen LogP contribution in [0.3, 0.4) is 0 Å². The molecule has 0 saturated heterocycles. The van der Waals surface area contributed by atoms with E-state index in [1.807, 2.05) is 25.1 Å². The predicted molar refractivity (Wildman–Crippen MR) is 112 cm³/mol. The third-order valence-electron chi connectivity index (χ3n) is 7.12. The van der Waals surface area contributed by atoms with E-state index in [-0.39, 0.29) is 12.3 Å². The summed E-state index contributed by atoms with van der Waals surface area (Å²) in [5.41, 5.74) is 1.13. The van der Waals surface area contributed by atoms with Crippen molar-refractivity contribution in [1.29, 1.82) is 0 Å². The van der Waals surface area contributed by atoms with Gasteiger partial charge in [-0.05, 0) is 74.2 Å². The fourth-order valence-corrected chi connectivity index (χ4v) is 5.54. The Kier molecular flexibility index (Phi) is 7.47. The first-order valence-corrected chi connectivity index (χ1v) is 11.0. The highest BCUT2D eigenvalue weighted by molar-refractivity contribution is 5.85. The third kappa shape index (κ3) is 5.33. The van der Waals surface area contributed by atoms with E-state index in [0.29, 0.717) is 24.0 Å². The summed E-state index contributed by atoms with van der Waals surface area (Å²) in [5.74, 6) is 2.71. The normalized spacial score (nSPS) is 27.3. The Morgan fingerprint density at radius 3 is 2.50 bits per heavy atom. The number of rotatable bonds is 11. The number of aliphatic carboxylic acids is 1. The van der Waals surface area contributed by atoms with Crippen LogP contribution in [0.25, 0.3) is 0 Å². The van der Waals surface area contributed by atoms with Gasteiger partial charge in [0.15, 0.2) is 0 Å². The van der Waals surface area contributed by atoms with Crippen LogP contribution in [0.5, 0.6) is 0 Å². The van der Waals surface area contributed by atoms with Gasteiger partial charge >= 0.3 is 5.97 Å². The van der Waals surface area contributed by atoms with Crippen LogP contribution in [-0.4, -0.2) is 16.9 Å². The van der Waals surface area contributed by atoms with E-state index in [2.05, 4.69) is 24.3 Å². The number of fused-ring (bicyclic) bond motifs is 2. The molecule has 0 amide bonds. The van der Waals surface area contributed by atoms with Crippen LogP contribution in [0.4, 0.5) is 0 Å². The molecule has 1 aromatic carbocycles. The molecular weight excluding hydrogens is 348 g/mol. The molecule has 2 fully saturated rings. The van der Waals surface area contributed by atoms with Gasteiger partial charge in [0.1, 0.15) is 5.78 Å². The second-order valence-electron chi connectivity index (χ2n) is 8.79. The van der Waals surface area contributed by atoms with Crippen LogP contribution in [0, 0.1) is 23.7 Å². The van der Waals surface area contributed by atoms with Crippen LogP contribution >= 0.6 is 0 Å². The number of carbonyl (C=O) groups is 2. The fourth-order valence-electron chi connectivity index (χ4n) is 5.54. The summed E-state index contributed by atoms with van der Waals surface area (Å²) in [6, 6.07) is 10.1. The van der Waals surface area contributed by atoms with Gasteiger partial charge in [-0.15, -0.1) is 0 Å². The molecule has 1 aromatic rings. The molecule has 2 aliphatic rings. The van der Waals surface area contributed by atoms with Crippen LogP contribution < -0.4 is 0 Å². The number of carbonyl (C=O) groups excluding carboxylic acids is 1. The zero-order valence-electron chi connectivity index (χ0n) is 17.1. The first-order chi connectivity index (χ1) is 13.6. The van der Waals surface area contributed by atoms with Crippen molar-refractivity contribution < 1.29 is 14.7 Å². The van der Waals surface area contributed by atoms with Crippen molar-refractivity contribution in [1.82, 2.24) is 0 Å². The van der Waals surface area contributed by atoms with E-state index in [1.165, 1.54) is 19.3 Å². The number of hydrogen-bond acceptors (Lipinski definition) is 2. The standard InChI is InChI=1S/C25H34O3/c1-18(19-9-5-4-6-10-19)24(26)16-15-23-21-14-13-20(17-21)22(23)11-7-2-3-8-12-25(27)28/h2,4-7,9-10,18,20-23H,3,8,11-17H2,1H3,(H,27,28)/t18?,20-,21+,22-,23+/m1/s1. The van der Waals surface area contributed by atoms with Gasteiger partial charge in [-0.25, -0.2) is 0 Å². The largest absolute Gasteiger partial charge is 0.481 e. The van der Waals surface area contributed by atoms with Gasteiger partial charge in [0.25, 0.3) is 0 Å². The highest BCUT2D eigenvalue weighted by Crippen LogP contribution is 2.55. The smallest absolute Gasteiger partial charge is 0.303 e. The lowest BCUT2D eigenvalue weighted by Gasteiger charge is -2.30. The quantitative estimate of drug-likeness (QED) is 0.377. The van der Waals surface area contributed by atoms with Gasteiger partial charge < -0.3 is 5.11 Å². The van der Waals surface area contributed by atoms with Crippen molar-refractivity contribution in [3.05, 3.63) is 48.0 Å². The molecule has 0 aromatic heterocycles. The highest BCUT2D eigenvalue weighted by Gasteiger charge is 2.46. The Morgan fingerprint density at radius 1 is 1.07 bits per heavy atom. The maximum absolute atomic E-state index is 12.7. The summed E-state index contributed by atoms with van der Waals surface area (Å²) in [5, 5.41) is 8.71. The topological polar surface area (TPSA) is 54.4 Å². The molecular formula is C25H34O3. The molecule has 3 rings (SSSR count). The minimum atomic E-state index is -0.712. The second kappa shape index (κ2) is 10.0. The number of Topliss-reactive ketones (excluding diaryl/α,β-unsaturated/α-hetero) is 1. The lowest BCUT2D eigenvalue weighted by atomic mass is 9.74. The van der Waals surface area contributed by atoms with Crippen LogP contribution in [0.2, 0.25) is 0 Å². The maximum Gasteiger partial charge on any atom is 0.303 e. The molecule has 1 N–H and O–H groups in total. The maximum atomic E-state index is 12.7. The molecule has 0 aliphatic heterocycles. The van der Waals surface area contributed by atoms with Gasteiger partial charge in [-0.2, -0.15) is 0 Å². The van der Waals surface area contributed by atoms with Crippen molar-refractivity contribution in [3.63, 3.8) is 0 Å². The molecule has 1 unspecified atom stereocenters. The number of unbranched alkanes of at least 4 members (excludes halogenated alkanes) is 1. The Labute approximate surface area is 169 Å². The number of hydrogen-bond donors (Lipinski definition) is 1. The van der Waals surface area contributed by atoms with Crippen molar-refractivity contribution >= 4 is 11.8 Å². The first kappa shape index (κ1) is 20.8. The average molecular weight is 383 g/mol. The fraction of sp³-hybridized carbons (Fsp3) is 0.600. The van der Waals surface area contributed by atoms with E-state index < -0.39 is 5.97 Å². The van der Waals surface area contributed by atoms with Crippen molar-refractivity contribution in [2.45, 2.75) is 70.6 Å². The summed E-state index contributed by atoms with van der Waals surface area (Å²) >= 11 is 0. The Hall–Kier alpha value is -1.90. The first-order valence-electron chi connectivity index (χ1n) is 11.0. The third-order valence-corrected chi connectivity index (χ3v) is 7.12. The zero-order chi connectivity index (χ0) is 19.9. The molecule has 152 valence electrons. The molecule has 0 radical (unpaired) electrons. The van der Waals surface area contributed by atoms with Crippen molar-refractivity contribution in [3.8, 4) is 0 Å². The molecule has 5 atom stereocenters. The van der Waals surface area contributed by atoms with Gasteiger partial charge in [-0.1, -0.05) is 49.4 Å². The highest BCUT2D eigenvalue weighted by atomic mass is 16.4. The summed E-state index contributed by atoms with van der Waals surface area (Å²) < 4.78 is 0. The predicted octanol–water partition coefficient (Wildman–Crippen LogP) is 6.00. The number of benzene rings is 1. The van der Waals surface area contributed by atoms with Crippen LogP contribution in [0.15, 0.2) is 42.5 Å². The Bertz CT molecular complexity index is 678. The molecule has 3 nitrogen and oxygen atoms in total. The van der Waals surface area contributed by atoms with E-state index in [9.17, 15) is 9.59 Å². The van der Waals surface area contributed by atoms with Crippen molar-refractivity contribution in [2.24, 2.45) is 23.7 Å². The van der Waals surface area contributed by atoms with Gasteiger partial charge in [-0.3, -0.25) is 9.59 Å². The summed E-state index contributed by atoms with van der Waals surface area (Å²) in [4.78, 5) is 23.3. The zero-order valence-corrected chi connectivity index (χ0v) is 17.1. The van der Waals surface area contributed by atoms with E-state index >= 15 is 0 Å². The van der Waals surface area contributed by atoms with Gasteiger partial charge in [0.05, 0.1) is 0 Å². The van der Waals surface area contributed by atoms with Crippen LogP contribution in [-0.2, 0) is 9.59 Å². The Morgan fingerprint density at radius 2 is 1.79 bits per heavy atom. The lowest BCUT2D eigenvalue weighted by molar-refractivity contribution is -0.137. The number of allylic oxidation sites excluding steroid dienone is 2. The molecule has 2 aliphatic carbocycles. The second-order valence-corrected chi connectivity index (χ2v) is 8.79. The molecule has 28 heavy (non-hydrogen) atoms. The SMILES string of the molecule is CC(C(=O)CC[C@H]1[C@H]2CC[C@H](C2)[C@H]1CC=CCCCC(=O)O)c1ccccc1. The van der Waals surface area contributed by atoms with Gasteiger partial charge in [0.2, 0.25) is 0 Å². The van der Waals surface area contributed by atoms with Gasteiger partial charge in [0, 0.05) is 18.8 Å². The molecule has 0 spiro atoms. The van der Waals surface area contributed by atoms with Crippen LogP contribution in [0.1, 0.15) is 76.2 Å². The number of ketones is 1. The molecule has 3 heteroatoms. The molecule has 2 bridgehead atoms. The minimum Gasteiger partial charge on any atom is -0.481 e. The Balaban J connectivity index is 1.48.